The number of thiophene rings is 1. The van der Waals surface area contributed by atoms with Gasteiger partial charge in [-0.2, -0.15) is 0 Å². The van der Waals surface area contributed by atoms with E-state index >= 15 is 0 Å². The minimum Gasteiger partial charge on any atom is -0.499 e. The third kappa shape index (κ3) is 2.95. The molecular formula is C17H16ClNO4S. The molecule has 0 aliphatic rings. The molecule has 0 aliphatic carbocycles. The van der Waals surface area contributed by atoms with Crippen LogP contribution in [0.4, 0.5) is 0 Å². The summed E-state index contributed by atoms with van der Waals surface area (Å²) in [4.78, 5) is 12.2. The molecule has 0 fully saturated rings. The molecule has 2 aromatic heterocycles. The number of methoxy groups -OCH3 is 1. The molecule has 0 saturated heterocycles. The van der Waals surface area contributed by atoms with Gasteiger partial charge in [-0.1, -0.05) is 11.6 Å². The van der Waals surface area contributed by atoms with Gasteiger partial charge in [-0.05, 0) is 36.8 Å². The molecule has 2 heterocycles. The molecule has 3 rings (SSSR count). The Bertz CT molecular complexity index is 928. The molecule has 0 bridgehead atoms. The number of carboxylic acid groups (broad SMARTS) is 1. The average molecular weight is 366 g/mol. The van der Waals surface area contributed by atoms with Crippen LogP contribution in [0.2, 0.25) is 5.02 Å². The van der Waals surface area contributed by atoms with E-state index in [2.05, 4.69) is 0 Å². The third-order valence-electron chi connectivity index (χ3n) is 4.02. The van der Waals surface area contributed by atoms with Crippen molar-refractivity contribution >= 4 is 39.8 Å². The molecule has 3 aromatic rings. The van der Waals surface area contributed by atoms with Crippen LogP contribution >= 0.6 is 22.9 Å². The van der Waals surface area contributed by atoms with E-state index in [0.29, 0.717) is 17.3 Å². The van der Waals surface area contributed by atoms with Crippen LogP contribution < -0.4 is 4.74 Å². The zero-order valence-electron chi connectivity index (χ0n) is 13.2. The van der Waals surface area contributed by atoms with Crippen molar-refractivity contribution < 1.29 is 19.7 Å². The molecule has 0 spiro atoms. The van der Waals surface area contributed by atoms with Crippen molar-refractivity contribution in [2.45, 2.75) is 19.9 Å². The van der Waals surface area contributed by atoms with Crippen molar-refractivity contribution in [1.29, 1.82) is 0 Å². The number of aliphatic carboxylic acids is 1. The summed E-state index contributed by atoms with van der Waals surface area (Å²) in [6.07, 6.45) is -0.0736. The van der Waals surface area contributed by atoms with Gasteiger partial charge in [-0.15, -0.1) is 11.3 Å². The Morgan fingerprint density at radius 2 is 2.12 bits per heavy atom. The van der Waals surface area contributed by atoms with E-state index < -0.39 is 5.97 Å². The second kappa shape index (κ2) is 6.37. The molecule has 0 radical (unpaired) electrons. The van der Waals surface area contributed by atoms with Gasteiger partial charge in [0.25, 0.3) is 0 Å². The Morgan fingerprint density at radius 1 is 1.38 bits per heavy atom. The maximum absolute atomic E-state index is 11.3. The van der Waals surface area contributed by atoms with Gasteiger partial charge >= 0.3 is 5.97 Å². The van der Waals surface area contributed by atoms with Crippen LogP contribution in [0.1, 0.15) is 16.1 Å². The molecule has 24 heavy (non-hydrogen) atoms. The summed E-state index contributed by atoms with van der Waals surface area (Å²) < 4.78 is 7.28. The van der Waals surface area contributed by atoms with Crippen LogP contribution in [0.15, 0.2) is 24.3 Å². The Morgan fingerprint density at radius 3 is 2.71 bits per heavy atom. The number of carboxylic acids is 1. The minimum atomic E-state index is -0.889. The number of hydrogen-bond donors (Lipinski definition) is 2. The van der Waals surface area contributed by atoms with Crippen molar-refractivity contribution in [2.75, 3.05) is 7.11 Å². The van der Waals surface area contributed by atoms with Crippen molar-refractivity contribution in [3.8, 4) is 10.8 Å². The SMILES string of the molecule is COc1cc2c(CC(=O)O)c(C)n(Cc3ccc(O)s3)c2cc1Cl. The van der Waals surface area contributed by atoms with Crippen molar-refractivity contribution in [1.82, 2.24) is 4.57 Å². The predicted molar refractivity (Wildman–Crippen MR) is 94.7 cm³/mol. The number of aromatic nitrogens is 1. The maximum Gasteiger partial charge on any atom is 0.307 e. The maximum atomic E-state index is 11.3. The standard InChI is InChI=1S/C17H16ClNO4S/c1-9-11(6-16(20)21)12-5-15(23-2)13(18)7-14(12)19(9)8-10-3-4-17(22)24-10/h3-5,7,22H,6,8H2,1-2H3,(H,20,21). The lowest BCUT2D eigenvalue weighted by molar-refractivity contribution is -0.136. The van der Waals surface area contributed by atoms with E-state index in [4.69, 9.17) is 16.3 Å². The molecule has 0 aliphatic heterocycles. The molecule has 126 valence electrons. The number of halogens is 1. The highest BCUT2D eigenvalue weighted by Gasteiger charge is 2.19. The van der Waals surface area contributed by atoms with Gasteiger partial charge in [0, 0.05) is 16.0 Å². The van der Waals surface area contributed by atoms with E-state index in [1.54, 1.807) is 18.2 Å². The zero-order chi connectivity index (χ0) is 17.4. The summed E-state index contributed by atoms with van der Waals surface area (Å²) in [6, 6.07) is 7.08. The van der Waals surface area contributed by atoms with Crippen LogP contribution in [-0.2, 0) is 17.8 Å². The van der Waals surface area contributed by atoms with Gasteiger partial charge in [0.15, 0.2) is 5.06 Å². The third-order valence-corrected chi connectivity index (χ3v) is 5.19. The lowest BCUT2D eigenvalue weighted by Crippen LogP contribution is -2.04. The van der Waals surface area contributed by atoms with Gasteiger partial charge in [-0.3, -0.25) is 4.79 Å². The van der Waals surface area contributed by atoms with E-state index in [1.165, 1.54) is 18.4 Å². The zero-order valence-corrected chi connectivity index (χ0v) is 14.7. The van der Waals surface area contributed by atoms with Crippen LogP contribution in [0.25, 0.3) is 10.9 Å². The highest BCUT2D eigenvalue weighted by molar-refractivity contribution is 7.13. The summed E-state index contributed by atoms with van der Waals surface area (Å²) in [5, 5.41) is 20.3. The molecule has 1 aromatic carbocycles. The summed E-state index contributed by atoms with van der Waals surface area (Å²) >= 11 is 7.55. The number of aromatic hydroxyl groups is 1. The molecule has 0 atom stereocenters. The first-order valence-electron chi connectivity index (χ1n) is 7.25. The predicted octanol–water partition coefficient (Wildman–Crippen LogP) is 4.05. The Kier molecular flexibility index (Phi) is 4.43. The molecular weight excluding hydrogens is 350 g/mol. The molecule has 7 heteroatoms. The Balaban J connectivity index is 2.21. The lowest BCUT2D eigenvalue weighted by Gasteiger charge is -2.08. The molecule has 0 amide bonds. The van der Waals surface area contributed by atoms with E-state index in [-0.39, 0.29) is 11.5 Å². The summed E-state index contributed by atoms with van der Waals surface area (Å²) in [7, 11) is 1.53. The van der Waals surface area contributed by atoms with Gasteiger partial charge in [0.1, 0.15) is 5.75 Å². The molecule has 0 saturated carbocycles. The second-order valence-electron chi connectivity index (χ2n) is 5.46. The van der Waals surface area contributed by atoms with Crippen LogP contribution in [-0.4, -0.2) is 27.9 Å². The number of nitrogens with zero attached hydrogens (tertiary/aromatic N) is 1. The Hall–Kier alpha value is -2.18. The van der Waals surface area contributed by atoms with Crippen molar-refractivity contribution in [2.24, 2.45) is 0 Å². The summed E-state index contributed by atoms with van der Waals surface area (Å²) in [5.41, 5.74) is 2.46. The summed E-state index contributed by atoms with van der Waals surface area (Å²) in [6.45, 7) is 2.43. The monoisotopic (exact) mass is 365 g/mol. The molecule has 5 nitrogen and oxygen atoms in total. The van der Waals surface area contributed by atoms with Crippen LogP contribution in [0.3, 0.4) is 0 Å². The lowest BCUT2D eigenvalue weighted by atomic mass is 10.1. The largest absolute Gasteiger partial charge is 0.499 e. The summed E-state index contributed by atoms with van der Waals surface area (Å²) in [5.74, 6) is -0.374. The van der Waals surface area contributed by atoms with Crippen molar-refractivity contribution in [3.63, 3.8) is 0 Å². The highest BCUT2D eigenvalue weighted by Crippen LogP contribution is 2.36. The first-order valence-corrected chi connectivity index (χ1v) is 8.44. The fraction of sp³-hybridized carbons (Fsp3) is 0.235. The number of ether oxygens (including phenoxy) is 1. The Labute approximate surface area is 147 Å². The number of carbonyl (C=O) groups is 1. The van der Waals surface area contributed by atoms with Gasteiger partial charge in [0.05, 0.1) is 30.6 Å². The normalized spacial score (nSPS) is 11.1. The second-order valence-corrected chi connectivity index (χ2v) is 7.02. The average Bonchev–Trinajstić information content (AvgIpc) is 3.03. The first kappa shape index (κ1) is 16.7. The number of hydrogen-bond acceptors (Lipinski definition) is 4. The van der Waals surface area contributed by atoms with Gasteiger partial charge in [0.2, 0.25) is 0 Å². The fourth-order valence-corrected chi connectivity index (χ4v) is 3.86. The quantitative estimate of drug-likeness (QED) is 0.715. The number of fused-ring (bicyclic) bond motifs is 1. The smallest absolute Gasteiger partial charge is 0.307 e. The van der Waals surface area contributed by atoms with E-state index in [9.17, 15) is 15.0 Å². The number of benzene rings is 1. The highest BCUT2D eigenvalue weighted by atomic mass is 35.5. The number of rotatable bonds is 5. The molecule has 2 N–H and O–H groups in total. The van der Waals surface area contributed by atoms with Crippen molar-refractivity contribution in [3.05, 3.63) is 45.4 Å². The van der Waals surface area contributed by atoms with E-state index in [0.717, 1.165) is 27.0 Å². The van der Waals surface area contributed by atoms with Gasteiger partial charge < -0.3 is 19.5 Å². The first-order chi connectivity index (χ1) is 11.4. The topological polar surface area (TPSA) is 71.7 Å². The minimum absolute atomic E-state index is 0.0736. The van der Waals surface area contributed by atoms with Crippen LogP contribution in [0.5, 0.6) is 10.8 Å². The fourth-order valence-electron chi connectivity index (χ4n) is 2.89. The van der Waals surface area contributed by atoms with Crippen LogP contribution in [0, 0.1) is 6.92 Å². The van der Waals surface area contributed by atoms with Gasteiger partial charge in [-0.25, -0.2) is 0 Å². The van der Waals surface area contributed by atoms with E-state index in [1.807, 2.05) is 17.6 Å². The molecule has 0 unspecified atom stereocenters.